The number of rotatable bonds is 7. The van der Waals surface area contributed by atoms with E-state index in [1.165, 1.54) is 10.9 Å². The number of carbonyl (C=O) groups is 1. The third-order valence-electron chi connectivity index (χ3n) is 7.18. The molecule has 0 amide bonds. The fourth-order valence-electron chi connectivity index (χ4n) is 5.23. The lowest BCUT2D eigenvalue weighted by molar-refractivity contribution is -0.190. The molecule has 1 aromatic carbocycles. The molecule has 0 bridgehead atoms. The second-order valence-corrected chi connectivity index (χ2v) is 10.4. The number of anilines is 2. The Balaban J connectivity index is 1.29. The third kappa shape index (κ3) is 6.89. The number of H-pyrrole nitrogens is 1. The van der Waals surface area contributed by atoms with Crippen LogP contribution >= 0.6 is 11.6 Å². The number of hydrogen-bond acceptors (Lipinski definition) is 10. The number of nitrogens with two attached hydrogens (primary N) is 1. The molecule has 2 fully saturated rings. The van der Waals surface area contributed by atoms with E-state index in [2.05, 4.69) is 34.8 Å². The second kappa shape index (κ2) is 11.9. The minimum atomic E-state index is -5.21. The Bertz CT molecular complexity index is 1400. The molecule has 2 aliphatic heterocycles. The molecular formula is C25H27ClF3N9O3. The van der Waals surface area contributed by atoms with Crippen LogP contribution in [0, 0.1) is 11.3 Å². The van der Waals surface area contributed by atoms with Crippen LogP contribution in [0.3, 0.4) is 0 Å². The van der Waals surface area contributed by atoms with Crippen molar-refractivity contribution in [1.29, 1.82) is 5.26 Å². The molecule has 218 valence electrons. The fraction of sp³-hybridized carbons (Fsp3) is 0.480. The van der Waals surface area contributed by atoms with Crippen LogP contribution in [-0.4, -0.2) is 86.4 Å². The lowest BCUT2D eigenvalue weighted by Gasteiger charge is -2.46. The van der Waals surface area contributed by atoms with Gasteiger partial charge in [-0.05, 0) is 37.0 Å². The lowest BCUT2D eigenvalue weighted by atomic mass is 9.96. The van der Waals surface area contributed by atoms with Crippen LogP contribution in [0.4, 0.5) is 25.1 Å². The Labute approximate surface area is 237 Å². The first-order valence-electron chi connectivity index (χ1n) is 12.9. The molecule has 0 aliphatic carbocycles. The van der Waals surface area contributed by atoms with Gasteiger partial charge < -0.3 is 20.1 Å². The van der Waals surface area contributed by atoms with Crippen molar-refractivity contribution in [2.24, 2.45) is 0 Å². The Morgan fingerprint density at radius 2 is 1.98 bits per heavy atom. The minimum Gasteiger partial charge on any atom is -0.398 e. The molecule has 2 aliphatic rings. The van der Waals surface area contributed by atoms with Crippen molar-refractivity contribution >= 4 is 29.5 Å². The van der Waals surface area contributed by atoms with Crippen molar-refractivity contribution in [2.75, 3.05) is 36.9 Å². The number of nitrogen functional groups attached to an aromatic ring is 1. The summed E-state index contributed by atoms with van der Waals surface area (Å²) in [5.74, 6) is -2.24. The molecule has 2 aromatic heterocycles. The number of hydrogen-bond donors (Lipinski definition) is 2. The Morgan fingerprint density at radius 3 is 2.61 bits per heavy atom. The number of morpholine rings is 1. The highest BCUT2D eigenvalue weighted by molar-refractivity contribution is 6.30. The quantitative estimate of drug-likeness (QED) is 0.391. The largest absolute Gasteiger partial charge is 0.491 e. The Kier molecular flexibility index (Phi) is 8.34. The highest BCUT2D eigenvalue weighted by Gasteiger charge is 2.42. The fourth-order valence-corrected chi connectivity index (χ4v) is 5.35. The van der Waals surface area contributed by atoms with E-state index in [1.54, 1.807) is 6.07 Å². The molecular weight excluding hydrogens is 567 g/mol. The van der Waals surface area contributed by atoms with Crippen molar-refractivity contribution in [3.63, 3.8) is 0 Å². The summed E-state index contributed by atoms with van der Waals surface area (Å²) in [6.07, 6.45) is -1.90. The predicted molar refractivity (Wildman–Crippen MR) is 140 cm³/mol. The summed E-state index contributed by atoms with van der Waals surface area (Å²) < 4.78 is 49.8. The maximum absolute atomic E-state index is 12.7. The van der Waals surface area contributed by atoms with Gasteiger partial charge in [0.15, 0.2) is 0 Å². The summed E-state index contributed by atoms with van der Waals surface area (Å²) in [6, 6.07) is 9.69. The van der Waals surface area contributed by atoms with Crippen molar-refractivity contribution < 1.29 is 27.4 Å². The predicted octanol–water partition coefficient (Wildman–Crippen LogP) is 2.56. The van der Waals surface area contributed by atoms with E-state index in [9.17, 15) is 23.2 Å². The average molecular weight is 594 g/mol. The Hall–Kier alpha value is -3.87. The summed E-state index contributed by atoms with van der Waals surface area (Å²) >= 11 is 6.07. The number of benzene rings is 1. The third-order valence-corrected chi connectivity index (χ3v) is 7.43. The average Bonchev–Trinajstić information content (AvgIpc) is 3.55. The number of nitrogens with zero attached hydrogens (tertiary/aromatic N) is 7. The van der Waals surface area contributed by atoms with Crippen LogP contribution in [0.1, 0.15) is 24.0 Å². The van der Waals surface area contributed by atoms with Crippen molar-refractivity contribution in [1.82, 2.24) is 29.9 Å². The normalized spacial score (nSPS) is 20.6. The molecule has 12 nitrogen and oxygen atoms in total. The Morgan fingerprint density at radius 1 is 1.24 bits per heavy atom. The van der Waals surface area contributed by atoms with Gasteiger partial charge in [-0.15, -0.1) is 15.3 Å². The first kappa shape index (κ1) is 28.7. The van der Waals surface area contributed by atoms with Crippen molar-refractivity contribution in [3.8, 4) is 11.9 Å². The van der Waals surface area contributed by atoms with Gasteiger partial charge in [-0.3, -0.25) is 14.6 Å². The number of nitrogens with one attached hydrogen (secondary N) is 1. The maximum Gasteiger partial charge on any atom is 0.491 e. The van der Waals surface area contributed by atoms with Gasteiger partial charge in [0, 0.05) is 42.9 Å². The topological polar surface area (TPSA) is 151 Å². The van der Waals surface area contributed by atoms with Crippen molar-refractivity contribution in [3.05, 3.63) is 46.6 Å². The molecule has 0 radical (unpaired) electrons. The van der Waals surface area contributed by atoms with E-state index in [0.717, 1.165) is 37.9 Å². The summed E-state index contributed by atoms with van der Waals surface area (Å²) in [5, 5.41) is 21.8. The van der Waals surface area contributed by atoms with Gasteiger partial charge in [0.1, 0.15) is 11.6 Å². The van der Waals surface area contributed by atoms with Crippen LogP contribution in [-0.2, 0) is 22.5 Å². The van der Waals surface area contributed by atoms with Crippen molar-refractivity contribution in [2.45, 2.75) is 50.2 Å². The van der Waals surface area contributed by atoms with Gasteiger partial charge in [-0.25, -0.2) is 4.79 Å². The number of aromatic nitrogens is 5. The van der Waals surface area contributed by atoms with Gasteiger partial charge >= 0.3 is 12.1 Å². The number of halogens is 4. The van der Waals surface area contributed by atoms with E-state index in [0.29, 0.717) is 24.1 Å². The minimum absolute atomic E-state index is 0.0699. The number of ether oxygens (including phenoxy) is 2. The van der Waals surface area contributed by atoms with Gasteiger partial charge in [0.05, 0.1) is 19.3 Å². The summed E-state index contributed by atoms with van der Waals surface area (Å²) in [7, 11) is 0. The number of carbonyl (C=O) groups excluding carboxylic acids is 1. The molecule has 0 unspecified atom stereocenters. The summed E-state index contributed by atoms with van der Waals surface area (Å²) in [4.78, 5) is 18.7. The zero-order valence-electron chi connectivity index (χ0n) is 21.7. The zero-order valence-corrected chi connectivity index (χ0v) is 22.5. The molecule has 5 rings (SSSR count). The van der Waals surface area contributed by atoms with Gasteiger partial charge in [-0.2, -0.15) is 18.4 Å². The molecule has 4 heterocycles. The molecule has 3 aromatic rings. The van der Waals surface area contributed by atoms with Crippen LogP contribution in [0.2, 0.25) is 5.02 Å². The highest BCUT2D eigenvalue weighted by Crippen LogP contribution is 2.28. The smallest absolute Gasteiger partial charge is 0.398 e. The lowest BCUT2D eigenvalue weighted by Crippen LogP contribution is -2.57. The summed E-state index contributed by atoms with van der Waals surface area (Å²) in [5.41, 5.74) is 6.52. The van der Waals surface area contributed by atoms with E-state index in [4.69, 9.17) is 22.1 Å². The first-order valence-corrected chi connectivity index (χ1v) is 13.3. The van der Waals surface area contributed by atoms with Gasteiger partial charge in [0.25, 0.3) is 5.88 Å². The number of piperidine rings is 1. The molecule has 2 atom stereocenters. The number of aromatic amines is 1. The van der Waals surface area contributed by atoms with E-state index >= 15 is 0 Å². The number of nitriles is 1. The number of esters is 1. The monoisotopic (exact) mass is 593 g/mol. The second-order valence-electron chi connectivity index (χ2n) is 9.96. The SMILES string of the molecule is N#Cc1cn(C[C@H]2CN(C3CCN(c4nnc(N)[nH]4)CC3)[C@@H](Cc3ccc(Cl)cc3)CO2)nc1OC(=O)C(F)(F)F. The molecule has 16 heteroatoms. The summed E-state index contributed by atoms with van der Waals surface area (Å²) in [6.45, 7) is 2.58. The van der Waals surface area contributed by atoms with Crippen LogP contribution < -0.4 is 15.4 Å². The molecule has 0 spiro atoms. The van der Waals surface area contributed by atoms with Crippen LogP contribution in [0.15, 0.2) is 30.5 Å². The zero-order chi connectivity index (χ0) is 29.1. The first-order chi connectivity index (χ1) is 19.6. The van der Waals surface area contributed by atoms with E-state index in [-0.39, 0.29) is 36.2 Å². The number of alkyl halides is 3. The van der Waals surface area contributed by atoms with Gasteiger partial charge in [0.2, 0.25) is 11.9 Å². The van der Waals surface area contributed by atoms with Gasteiger partial charge in [-0.1, -0.05) is 23.7 Å². The molecule has 41 heavy (non-hydrogen) atoms. The van der Waals surface area contributed by atoms with E-state index in [1.807, 2.05) is 24.3 Å². The highest BCUT2D eigenvalue weighted by atomic mass is 35.5. The molecule has 3 N–H and O–H groups in total. The standard InChI is InChI=1S/C25H27ClF3N9O3/c26-17-3-1-15(2-4-17)9-19-14-40-20(12-37-11-16(10-30)21(35-37)41-22(39)25(27,28)29)13-38(19)18-5-7-36(8-6-18)24-32-23(31)33-34-24/h1-4,11,18-20H,5-9,12-14H2,(H3,31,32,33,34)/t19-,20-/m0/s1. The molecule has 2 saturated heterocycles. The van der Waals surface area contributed by atoms with Crippen LogP contribution in [0.25, 0.3) is 0 Å². The van der Waals surface area contributed by atoms with E-state index < -0.39 is 18.0 Å². The van der Waals surface area contributed by atoms with Crippen LogP contribution in [0.5, 0.6) is 5.88 Å². The maximum atomic E-state index is 12.7. The molecule has 0 saturated carbocycles.